The maximum absolute atomic E-state index is 11.1. The largest absolute Gasteiger partial charge is 0.481 e. The fourth-order valence-electron chi connectivity index (χ4n) is 6.49. The summed E-state index contributed by atoms with van der Waals surface area (Å²) in [5.74, 6) is 4.02. The monoisotopic (exact) mass is 162 g/mol. The lowest BCUT2D eigenvalue weighted by atomic mass is 8.92. The SMILES string of the molecule is CC12C3C4C1C1C2C3C41C(=O)O. The molecule has 2 nitrogen and oxygen atoms in total. The molecule has 2 heteroatoms. The minimum absolute atomic E-state index is 0.141. The molecule has 0 aromatic rings. The smallest absolute Gasteiger partial charge is 0.310 e. The predicted octanol–water partition coefficient (Wildman–Crippen LogP) is 0.829. The average molecular weight is 162 g/mol. The highest BCUT2D eigenvalue weighted by atomic mass is 16.4. The molecule has 12 heavy (non-hydrogen) atoms. The molecule has 0 amide bonds. The molecular formula is C10H10O2. The molecule has 0 saturated heterocycles. The van der Waals surface area contributed by atoms with Crippen LogP contribution >= 0.6 is 0 Å². The van der Waals surface area contributed by atoms with E-state index in [-0.39, 0.29) is 5.41 Å². The zero-order valence-electron chi connectivity index (χ0n) is 6.82. The molecule has 6 aliphatic rings. The highest BCUT2D eigenvalue weighted by Crippen LogP contribution is 3.10. The van der Waals surface area contributed by atoms with Gasteiger partial charge in [0.2, 0.25) is 0 Å². The Balaban J connectivity index is 1.75. The Bertz CT molecular complexity index is 316. The summed E-state index contributed by atoms with van der Waals surface area (Å²) < 4.78 is 0. The fourth-order valence-corrected chi connectivity index (χ4v) is 6.49. The number of rotatable bonds is 1. The third-order valence-electron chi connectivity index (χ3n) is 6.50. The quantitative estimate of drug-likeness (QED) is 0.620. The molecule has 0 aliphatic heterocycles. The maximum Gasteiger partial charge on any atom is 0.310 e. The van der Waals surface area contributed by atoms with Crippen LogP contribution in [0.5, 0.6) is 0 Å². The Morgan fingerprint density at radius 3 is 1.83 bits per heavy atom. The standard InChI is InChI=1S/C10H10O2/c1-9-2-5-3(9)7-4(9)6(2)10(5,7)8(11)12/h2-7H,1H3,(H,11,12). The van der Waals surface area contributed by atoms with Gasteiger partial charge in [-0.2, -0.15) is 0 Å². The van der Waals surface area contributed by atoms with Crippen molar-refractivity contribution < 1.29 is 9.90 Å². The lowest BCUT2D eigenvalue weighted by Crippen LogP contribution is -3.10. The van der Waals surface area contributed by atoms with Crippen LogP contribution in [-0.4, -0.2) is 11.1 Å². The molecule has 1 N–H and O–H groups in total. The van der Waals surface area contributed by atoms with Crippen LogP contribution in [0.1, 0.15) is 6.92 Å². The van der Waals surface area contributed by atoms with Gasteiger partial charge in [0.1, 0.15) is 0 Å². The Morgan fingerprint density at radius 1 is 1.08 bits per heavy atom. The number of hydrogen-bond acceptors (Lipinski definition) is 1. The van der Waals surface area contributed by atoms with Crippen LogP contribution in [0.25, 0.3) is 0 Å². The van der Waals surface area contributed by atoms with Crippen LogP contribution in [0, 0.1) is 46.3 Å². The molecule has 0 spiro atoms. The van der Waals surface area contributed by atoms with E-state index in [9.17, 15) is 4.79 Å². The first-order valence-electron chi connectivity index (χ1n) is 4.91. The number of carbonyl (C=O) groups is 1. The molecule has 0 radical (unpaired) electrons. The van der Waals surface area contributed by atoms with Crippen molar-refractivity contribution in [2.45, 2.75) is 6.92 Å². The zero-order chi connectivity index (χ0) is 8.04. The highest BCUT2D eigenvalue weighted by molar-refractivity contribution is 5.86. The topological polar surface area (TPSA) is 37.3 Å². The maximum atomic E-state index is 11.1. The second-order valence-electron chi connectivity index (χ2n) is 5.76. The highest BCUT2D eigenvalue weighted by Gasteiger charge is 3.10. The van der Waals surface area contributed by atoms with Crippen LogP contribution < -0.4 is 0 Å². The van der Waals surface area contributed by atoms with Gasteiger partial charge in [-0.1, -0.05) is 6.92 Å². The van der Waals surface area contributed by atoms with Crippen LogP contribution in [0.2, 0.25) is 0 Å². The van der Waals surface area contributed by atoms with Gasteiger partial charge in [0, 0.05) is 0 Å². The van der Waals surface area contributed by atoms with E-state index in [2.05, 4.69) is 6.92 Å². The first kappa shape index (κ1) is 5.25. The molecule has 6 fully saturated rings. The van der Waals surface area contributed by atoms with Gasteiger partial charge in [0.05, 0.1) is 5.41 Å². The Hall–Kier alpha value is -0.530. The van der Waals surface area contributed by atoms with Gasteiger partial charge in [-0.3, -0.25) is 4.79 Å². The summed E-state index contributed by atoms with van der Waals surface area (Å²) in [4.78, 5) is 11.1. The Labute approximate surface area is 70.0 Å². The van der Waals surface area contributed by atoms with Gasteiger partial charge < -0.3 is 5.11 Å². The third-order valence-corrected chi connectivity index (χ3v) is 6.50. The van der Waals surface area contributed by atoms with Crippen molar-refractivity contribution in [1.29, 1.82) is 0 Å². The minimum atomic E-state index is -0.465. The third kappa shape index (κ3) is 0.159. The predicted molar refractivity (Wildman–Crippen MR) is 39.1 cm³/mol. The zero-order valence-corrected chi connectivity index (χ0v) is 6.82. The van der Waals surface area contributed by atoms with E-state index < -0.39 is 5.97 Å². The van der Waals surface area contributed by atoms with Crippen molar-refractivity contribution in [1.82, 2.24) is 0 Å². The summed E-state index contributed by atoms with van der Waals surface area (Å²) in [6.45, 7) is 2.39. The molecule has 6 saturated carbocycles. The second-order valence-corrected chi connectivity index (χ2v) is 5.76. The first-order valence-corrected chi connectivity index (χ1v) is 4.91. The summed E-state index contributed by atoms with van der Waals surface area (Å²) in [7, 11) is 0. The fraction of sp³-hybridized carbons (Fsp3) is 0.900. The average Bonchev–Trinajstić information content (AvgIpc) is 2.04. The summed E-state index contributed by atoms with van der Waals surface area (Å²) in [5.41, 5.74) is 0.523. The number of carboxylic acids is 1. The number of aliphatic carboxylic acids is 1. The van der Waals surface area contributed by atoms with E-state index in [1.54, 1.807) is 0 Å². The van der Waals surface area contributed by atoms with Gasteiger partial charge in [0.15, 0.2) is 0 Å². The van der Waals surface area contributed by atoms with Gasteiger partial charge >= 0.3 is 5.97 Å². The van der Waals surface area contributed by atoms with E-state index in [0.29, 0.717) is 23.2 Å². The molecule has 0 aromatic carbocycles. The van der Waals surface area contributed by atoms with Crippen LogP contribution in [0.15, 0.2) is 0 Å². The van der Waals surface area contributed by atoms with E-state index in [1.165, 1.54) is 0 Å². The first-order chi connectivity index (χ1) is 5.68. The summed E-state index contributed by atoms with van der Waals surface area (Å²) in [6.07, 6.45) is 0. The molecule has 0 heterocycles. The normalized spacial score (nSPS) is 88.1. The van der Waals surface area contributed by atoms with Crippen LogP contribution in [-0.2, 0) is 4.79 Å². The van der Waals surface area contributed by atoms with Crippen molar-refractivity contribution in [2.24, 2.45) is 46.3 Å². The van der Waals surface area contributed by atoms with Crippen molar-refractivity contribution in [2.75, 3.05) is 0 Å². The van der Waals surface area contributed by atoms with Crippen molar-refractivity contribution >= 4 is 5.97 Å². The van der Waals surface area contributed by atoms with Gasteiger partial charge in [-0.25, -0.2) is 0 Å². The molecule has 6 aliphatic carbocycles. The lowest BCUT2D eigenvalue weighted by molar-refractivity contribution is -0.638. The Kier molecular flexibility index (Phi) is 0.390. The molecule has 62 valence electrons. The lowest BCUT2D eigenvalue weighted by Gasteiger charge is -3.10. The van der Waals surface area contributed by atoms with Crippen molar-refractivity contribution in [3.63, 3.8) is 0 Å². The molecule has 0 aromatic heterocycles. The summed E-state index contributed by atoms with van der Waals surface area (Å²) in [5, 5.41) is 9.15. The summed E-state index contributed by atoms with van der Waals surface area (Å²) in [6, 6.07) is 0. The number of carboxylic acid groups (broad SMARTS) is 1. The molecular weight excluding hydrogens is 152 g/mol. The van der Waals surface area contributed by atoms with E-state index in [1.807, 2.05) is 0 Å². The molecule has 6 rings (SSSR count). The molecule has 0 atom stereocenters. The van der Waals surface area contributed by atoms with Gasteiger partial charge in [-0.05, 0) is 40.9 Å². The van der Waals surface area contributed by atoms with Crippen LogP contribution in [0.4, 0.5) is 0 Å². The van der Waals surface area contributed by atoms with Gasteiger partial charge in [0.25, 0.3) is 0 Å². The second kappa shape index (κ2) is 0.891. The molecule has 0 unspecified atom stereocenters. The Morgan fingerprint density at radius 2 is 1.50 bits per heavy atom. The molecule has 0 bridgehead atoms. The van der Waals surface area contributed by atoms with E-state index in [0.717, 1.165) is 17.8 Å². The van der Waals surface area contributed by atoms with Crippen molar-refractivity contribution in [3.05, 3.63) is 0 Å². The summed E-state index contributed by atoms with van der Waals surface area (Å²) >= 11 is 0. The van der Waals surface area contributed by atoms with Crippen LogP contribution in [0.3, 0.4) is 0 Å². The van der Waals surface area contributed by atoms with Crippen molar-refractivity contribution in [3.8, 4) is 0 Å². The van der Waals surface area contributed by atoms with E-state index in [4.69, 9.17) is 5.11 Å². The minimum Gasteiger partial charge on any atom is -0.481 e. The number of hydrogen-bond donors (Lipinski definition) is 1. The van der Waals surface area contributed by atoms with E-state index >= 15 is 0 Å². The van der Waals surface area contributed by atoms with Gasteiger partial charge in [-0.15, -0.1) is 0 Å².